The van der Waals surface area contributed by atoms with Crippen molar-refractivity contribution >= 4 is 190 Å². The highest BCUT2D eigenvalue weighted by Gasteiger charge is 2.20. The van der Waals surface area contributed by atoms with Gasteiger partial charge in [0.2, 0.25) is 0 Å². The molecule has 0 bridgehead atoms. The first-order chi connectivity index (χ1) is 43.0. The summed E-state index contributed by atoms with van der Waals surface area (Å²) in [6, 6.07) is 29.0. The van der Waals surface area contributed by atoms with Crippen LogP contribution in [0.3, 0.4) is 0 Å². The van der Waals surface area contributed by atoms with Crippen LogP contribution in [0.15, 0.2) is 72.8 Å². The van der Waals surface area contributed by atoms with Crippen molar-refractivity contribution in [1.29, 1.82) is 0 Å². The second-order valence-corrected chi connectivity index (χ2v) is 34.9. The molecule has 0 aliphatic heterocycles. The Morgan fingerprint density at radius 2 is 0.500 bits per heavy atom. The monoisotopic (exact) mass is 1320 g/mol. The maximum absolute atomic E-state index is 2.54. The second-order valence-electron chi connectivity index (χ2n) is 26.1. The van der Waals surface area contributed by atoms with Gasteiger partial charge in [0.1, 0.15) is 0 Å². The number of thiophene rings is 8. The number of fused-ring (bicyclic) bond motifs is 18. The van der Waals surface area contributed by atoms with Crippen LogP contribution in [0.1, 0.15) is 279 Å². The maximum Gasteiger partial charge on any atom is 0.0543 e. The van der Waals surface area contributed by atoms with E-state index in [9.17, 15) is 0 Å². The first-order valence-electron chi connectivity index (χ1n) is 35.4. The number of hydrogen-bond acceptors (Lipinski definition) is 8. The Balaban J connectivity index is 0.000000200. The van der Waals surface area contributed by atoms with Crippen molar-refractivity contribution in [1.82, 2.24) is 0 Å². The van der Waals surface area contributed by atoms with Gasteiger partial charge in [0.05, 0.1) is 37.6 Å². The molecule has 0 saturated carbocycles. The van der Waals surface area contributed by atoms with Gasteiger partial charge in [0, 0.05) is 70.6 Å². The fourth-order valence-corrected chi connectivity index (χ4v) is 24.4. The van der Waals surface area contributed by atoms with Gasteiger partial charge in [-0.3, -0.25) is 0 Å². The van der Waals surface area contributed by atoms with E-state index in [1.807, 2.05) is 56.7 Å². The molecular formula is C80H106S8. The highest BCUT2D eigenvalue weighted by Crippen LogP contribution is 2.52. The van der Waals surface area contributed by atoms with Gasteiger partial charge in [-0.15, -0.1) is 90.7 Å². The number of benzene rings is 4. The molecule has 0 nitrogen and oxygen atoms in total. The van der Waals surface area contributed by atoms with Crippen molar-refractivity contribution in [3.05, 3.63) is 92.3 Å². The Kier molecular flexibility index (Phi) is 27.3. The summed E-state index contributed by atoms with van der Waals surface area (Å²) in [5, 5.41) is 11.7. The smallest absolute Gasteiger partial charge is 0.0543 e. The Bertz CT molecular complexity index is 3880. The molecular weight excluding hydrogens is 1220 g/mol. The lowest BCUT2D eigenvalue weighted by Crippen LogP contribution is -1.84. The van der Waals surface area contributed by atoms with Crippen molar-refractivity contribution in [3.8, 4) is 0 Å². The summed E-state index contributed by atoms with van der Waals surface area (Å²) in [5.74, 6) is 0. The van der Waals surface area contributed by atoms with E-state index in [0.29, 0.717) is 0 Å². The van der Waals surface area contributed by atoms with E-state index >= 15 is 0 Å². The number of aryl methyl sites for hydroxylation is 4. The maximum atomic E-state index is 2.54. The zero-order valence-electron chi connectivity index (χ0n) is 53.8. The van der Waals surface area contributed by atoms with E-state index in [1.54, 1.807) is 14.6 Å². The third-order valence-corrected chi connectivity index (χ3v) is 29.1. The summed E-state index contributed by atoms with van der Waals surface area (Å²) in [6.45, 7) is 9.14. The normalized spacial score (nSPS) is 12.2. The minimum atomic E-state index is 0. The van der Waals surface area contributed by atoms with Crippen LogP contribution in [0.5, 0.6) is 0 Å². The van der Waals surface area contributed by atoms with Gasteiger partial charge in [-0.1, -0.05) is 276 Å². The van der Waals surface area contributed by atoms with Crippen LogP contribution < -0.4 is 0 Å². The van der Waals surface area contributed by atoms with E-state index in [1.165, 1.54) is 355 Å². The average molecular weight is 1320 g/mol. The zero-order valence-corrected chi connectivity index (χ0v) is 60.3. The van der Waals surface area contributed by atoms with Crippen LogP contribution in [0.4, 0.5) is 0 Å². The molecule has 0 radical (unpaired) electrons. The van der Waals surface area contributed by atoms with E-state index < -0.39 is 0 Å². The molecule has 474 valence electrons. The molecule has 8 heteroatoms. The summed E-state index contributed by atoms with van der Waals surface area (Å²) in [4.78, 5) is 6.15. The molecule has 0 aliphatic carbocycles. The predicted molar refractivity (Wildman–Crippen MR) is 417 cm³/mol. The lowest BCUT2D eigenvalue weighted by atomic mass is 10.0. The molecule has 8 heterocycles. The first kappa shape index (κ1) is 68.0. The van der Waals surface area contributed by atoms with Crippen molar-refractivity contribution in [2.45, 2.75) is 286 Å². The van der Waals surface area contributed by atoms with Crippen molar-refractivity contribution < 1.29 is 0 Å². The largest absolute Gasteiger partial charge is 0.140 e. The van der Waals surface area contributed by atoms with E-state index in [2.05, 4.69) is 135 Å². The van der Waals surface area contributed by atoms with E-state index in [-0.39, 0.29) is 7.43 Å². The van der Waals surface area contributed by atoms with Gasteiger partial charge in [0.25, 0.3) is 0 Å². The van der Waals surface area contributed by atoms with Crippen LogP contribution in [-0.2, 0) is 19.3 Å². The van der Waals surface area contributed by atoms with Gasteiger partial charge in [-0.05, 0) is 92.6 Å². The summed E-state index contributed by atoms with van der Waals surface area (Å²) in [7, 11) is 0. The average Bonchev–Trinajstić information content (AvgIpc) is 1.67. The Hall–Kier alpha value is -2.92. The predicted octanol–water partition coefficient (Wildman–Crippen LogP) is 32.1. The van der Waals surface area contributed by atoms with Crippen LogP contribution in [0.25, 0.3) is 99.5 Å². The Morgan fingerprint density at radius 3 is 0.864 bits per heavy atom. The molecule has 12 aromatic rings. The summed E-state index contributed by atoms with van der Waals surface area (Å²) >= 11 is 16.2. The lowest BCUT2D eigenvalue weighted by Gasteiger charge is -2.02. The summed E-state index contributed by atoms with van der Waals surface area (Å²) in [6.07, 6.45) is 54.9. The van der Waals surface area contributed by atoms with E-state index in [0.717, 1.165) is 0 Å². The van der Waals surface area contributed by atoms with Crippen LogP contribution >= 0.6 is 90.7 Å². The molecule has 12 rings (SSSR count). The van der Waals surface area contributed by atoms with Crippen LogP contribution in [0, 0.1) is 6.92 Å². The lowest BCUT2D eigenvalue weighted by molar-refractivity contribution is 0.544. The number of rotatable bonds is 39. The molecule has 0 aliphatic rings. The molecule has 0 fully saturated rings. The summed E-state index contributed by atoms with van der Waals surface area (Å²) in [5.41, 5.74) is 0. The van der Waals surface area contributed by atoms with Crippen molar-refractivity contribution in [3.63, 3.8) is 0 Å². The quantitative estimate of drug-likeness (QED) is 0.0337. The highest BCUT2D eigenvalue weighted by atomic mass is 32.1. The van der Waals surface area contributed by atoms with Gasteiger partial charge in [-0.25, -0.2) is 0 Å². The van der Waals surface area contributed by atoms with Gasteiger partial charge in [-0.2, -0.15) is 0 Å². The molecule has 0 saturated heterocycles. The number of unbranched alkanes of at least 4 members (excludes halogenated alkanes) is 33. The third kappa shape index (κ3) is 17.5. The van der Waals surface area contributed by atoms with Crippen molar-refractivity contribution in [2.24, 2.45) is 0 Å². The second kappa shape index (κ2) is 35.4. The standard InChI is InChI=1S/C46H64S4.C33H38S4.CH4/c1-3-5-7-9-11-13-15-17-19-21-23-25-27-35-33-39-41(47-35)31-29-37-43(39)49-46-38-30-32-42-40(44(38)50-45(37)46)34-36(48-42)28-26-24-22-20-18-16-14-12-10-8-6-4-2;1-3-4-5-6-7-8-9-10-11-12-13-14-15-25-21-24-17-19-27-31(29(24)35-25)37-32-26-18-16-23-20-22(2)34-28(23)30(26)36-33(27)32;/h29-34H,3-28H2,1-2H3;16-21H,3-15H2,1-2H3;1H4. The highest BCUT2D eigenvalue weighted by molar-refractivity contribution is 7.40. The molecule has 0 unspecified atom stereocenters. The molecule has 0 N–H and O–H groups in total. The van der Waals surface area contributed by atoms with Crippen LogP contribution in [-0.4, -0.2) is 0 Å². The first-order valence-corrected chi connectivity index (χ1v) is 41.9. The molecule has 4 aromatic carbocycles. The minimum Gasteiger partial charge on any atom is -0.140 e. The molecule has 0 amide bonds. The third-order valence-electron chi connectivity index (χ3n) is 18.9. The van der Waals surface area contributed by atoms with Gasteiger partial charge < -0.3 is 0 Å². The summed E-state index contributed by atoms with van der Waals surface area (Å²) < 4.78 is 18.0. The Morgan fingerprint density at radius 1 is 0.227 bits per heavy atom. The minimum absolute atomic E-state index is 0. The molecule has 8 aromatic heterocycles. The van der Waals surface area contributed by atoms with Gasteiger partial charge >= 0.3 is 0 Å². The van der Waals surface area contributed by atoms with Crippen molar-refractivity contribution in [2.75, 3.05) is 0 Å². The molecule has 88 heavy (non-hydrogen) atoms. The van der Waals surface area contributed by atoms with Crippen LogP contribution in [0.2, 0.25) is 0 Å². The number of hydrogen-bond donors (Lipinski definition) is 0. The topological polar surface area (TPSA) is 0 Å². The fourth-order valence-electron chi connectivity index (χ4n) is 13.8. The fraction of sp³-hybridized carbons (Fsp3) is 0.550. The molecule has 0 atom stereocenters. The van der Waals surface area contributed by atoms with Gasteiger partial charge in [0.15, 0.2) is 0 Å². The SMILES string of the molecule is C.CCCCCCCCCCCCCCc1cc2c(ccc3c2sc2c4ccc5sc(CCCCCCCCCCCCCC)cc5c4sc32)s1.CCCCCCCCCCCCCCc1cc2ccc3c(sc4c5ccc6cc(C)sc6c5sc34)c2s1. The van der Waals surface area contributed by atoms with E-state index in [4.69, 9.17) is 0 Å². The Labute approximate surface area is 562 Å². The molecule has 0 spiro atoms. The zero-order chi connectivity index (χ0) is 59.6.